The summed E-state index contributed by atoms with van der Waals surface area (Å²) in [5, 5.41) is 10.5. The first-order chi connectivity index (χ1) is 6.58. The fraction of sp³-hybridized carbons (Fsp3) is 0.333. The van der Waals surface area contributed by atoms with Gasteiger partial charge < -0.3 is 9.84 Å². The second kappa shape index (κ2) is 4.45. The molecule has 0 fully saturated rings. The van der Waals surface area contributed by atoms with Crippen molar-refractivity contribution in [2.45, 2.75) is 20.0 Å². The van der Waals surface area contributed by atoms with Gasteiger partial charge >= 0.3 is 6.09 Å². The number of aromatic nitrogens is 1. The van der Waals surface area contributed by atoms with Crippen LogP contribution in [0.1, 0.15) is 13.8 Å². The first kappa shape index (κ1) is 10.3. The minimum atomic E-state index is -1.13. The fourth-order valence-electron chi connectivity index (χ4n) is 0.906. The number of ether oxygens (including phenoxy) is 1. The lowest BCUT2D eigenvalue weighted by atomic mass is 10.4. The lowest BCUT2D eigenvalue weighted by Gasteiger charge is -2.09. The summed E-state index contributed by atoms with van der Waals surface area (Å²) in [4.78, 5) is 14.1. The van der Waals surface area contributed by atoms with Crippen molar-refractivity contribution in [1.29, 1.82) is 0 Å². The zero-order chi connectivity index (χ0) is 10.6. The van der Waals surface area contributed by atoms with E-state index in [1.165, 1.54) is 6.20 Å². The van der Waals surface area contributed by atoms with Gasteiger partial charge in [0.1, 0.15) is 11.6 Å². The van der Waals surface area contributed by atoms with Gasteiger partial charge in [-0.15, -0.1) is 0 Å². The molecule has 0 aliphatic rings. The first-order valence-electron chi connectivity index (χ1n) is 4.20. The van der Waals surface area contributed by atoms with E-state index in [2.05, 4.69) is 10.3 Å². The number of anilines is 1. The molecule has 0 radical (unpaired) electrons. The van der Waals surface area contributed by atoms with E-state index in [1.54, 1.807) is 12.1 Å². The van der Waals surface area contributed by atoms with Crippen LogP contribution >= 0.6 is 0 Å². The zero-order valence-electron chi connectivity index (χ0n) is 8.02. The largest absolute Gasteiger partial charge is 0.489 e. The van der Waals surface area contributed by atoms with Gasteiger partial charge in [-0.25, -0.2) is 9.78 Å². The highest BCUT2D eigenvalue weighted by Gasteiger charge is 2.00. The Kier molecular flexibility index (Phi) is 3.28. The van der Waals surface area contributed by atoms with E-state index in [-0.39, 0.29) is 11.9 Å². The van der Waals surface area contributed by atoms with Crippen LogP contribution in [-0.2, 0) is 0 Å². The first-order valence-corrected chi connectivity index (χ1v) is 4.20. The highest BCUT2D eigenvalue weighted by molar-refractivity contribution is 5.81. The Bertz CT molecular complexity index is 308. The quantitative estimate of drug-likeness (QED) is 0.775. The summed E-state index contributed by atoms with van der Waals surface area (Å²) in [6, 6.07) is 3.21. The van der Waals surface area contributed by atoms with Crippen molar-refractivity contribution in [2.24, 2.45) is 0 Å². The maximum absolute atomic E-state index is 10.2. The van der Waals surface area contributed by atoms with Gasteiger partial charge in [-0.2, -0.15) is 0 Å². The molecular formula is C9H12N2O3. The van der Waals surface area contributed by atoms with E-state index in [0.29, 0.717) is 5.75 Å². The topological polar surface area (TPSA) is 71.5 Å². The smallest absolute Gasteiger partial charge is 0.410 e. The van der Waals surface area contributed by atoms with Crippen LogP contribution in [0.2, 0.25) is 0 Å². The monoisotopic (exact) mass is 196 g/mol. The Morgan fingerprint density at radius 1 is 1.57 bits per heavy atom. The third-order valence-corrected chi connectivity index (χ3v) is 1.34. The van der Waals surface area contributed by atoms with Gasteiger partial charge in [0.25, 0.3) is 0 Å². The molecule has 0 aliphatic heterocycles. The molecule has 1 rings (SSSR count). The highest BCUT2D eigenvalue weighted by atomic mass is 16.5. The van der Waals surface area contributed by atoms with Crippen LogP contribution in [0.3, 0.4) is 0 Å². The maximum Gasteiger partial charge on any atom is 0.410 e. The summed E-state index contributed by atoms with van der Waals surface area (Å²) < 4.78 is 5.34. The van der Waals surface area contributed by atoms with Crippen LogP contribution < -0.4 is 10.1 Å². The normalized spacial score (nSPS) is 9.93. The minimum absolute atomic E-state index is 0.0788. The zero-order valence-corrected chi connectivity index (χ0v) is 8.02. The number of rotatable bonds is 3. The molecule has 1 aromatic rings. The number of pyridine rings is 1. The van der Waals surface area contributed by atoms with Gasteiger partial charge in [-0.05, 0) is 26.0 Å². The number of carboxylic acid groups (broad SMARTS) is 1. The van der Waals surface area contributed by atoms with E-state index >= 15 is 0 Å². The highest BCUT2D eigenvalue weighted by Crippen LogP contribution is 2.13. The summed E-state index contributed by atoms with van der Waals surface area (Å²) in [7, 11) is 0. The molecule has 5 heteroatoms. The molecule has 0 bridgehead atoms. The standard InChI is InChI=1S/C9H12N2O3/c1-6(2)14-7-3-4-8(10-5-7)11-9(12)13/h3-6H,1-2H3,(H,10,11)(H,12,13). The van der Waals surface area contributed by atoms with Gasteiger partial charge in [0.15, 0.2) is 0 Å². The number of nitrogens with zero attached hydrogens (tertiary/aromatic N) is 1. The second-order valence-corrected chi connectivity index (χ2v) is 2.98. The van der Waals surface area contributed by atoms with Gasteiger partial charge in [0.2, 0.25) is 0 Å². The third kappa shape index (κ3) is 3.30. The van der Waals surface area contributed by atoms with E-state index in [9.17, 15) is 4.79 Å². The molecule has 0 unspecified atom stereocenters. The van der Waals surface area contributed by atoms with Crippen molar-refractivity contribution in [2.75, 3.05) is 5.32 Å². The maximum atomic E-state index is 10.2. The number of hydrogen-bond donors (Lipinski definition) is 2. The van der Waals surface area contributed by atoms with Crippen molar-refractivity contribution in [1.82, 2.24) is 4.98 Å². The molecule has 1 amide bonds. The molecule has 0 aliphatic carbocycles. The van der Waals surface area contributed by atoms with Crippen molar-refractivity contribution < 1.29 is 14.6 Å². The molecule has 0 saturated heterocycles. The van der Waals surface area contributed by atoms with Crippen LogP contribution in [-0.4, -0.2) is 22.3 Å². The van der Waals surface area contributed by atoms with E-state index < -0.39 is 6.09 Å². The van der Waals surface area contributed by atoms with E-state index in [4.69, 9.17) is 9.84 Å². The van der Waals surface area contributed by atoms with Crippen LogP contribution in [0.5, 0.6) is 5.75 Å². The predicted molar refractivity (Wildman–Crippen MR) is 51.6 cm³/mol. The van der Waals surface area contributed by atoms with Crippen LogP contribution in [0, 0.1) is 0 Å². The second-order valence-electron chi connectivity index (χ2n) is 2.98. The molecule has 5 nitrogen and oxygen atoms in total. The van der Waals surface area contributed by atoms with Crippen LogP contribution in [0.15, 0.2) is 18.3 Å². The van der Waals surface area contributed by atoms with Crippen molar-refractivity contribution in [3.63, 3.8) is 0 Å². The number of amides is 1. The summed E-state index contributed by atoms with van der Waals surface area (Å²) >= 11 is 0. The average Bonchev–Trinajstić information content (AvgIpc) is 2.06. The molecule has 0 atom stereocenters. The van der Waals surface area contributed by atoms with E-state index in [1.807, 2.05) is 13.8 Å². The lowest BCUT2D eigenvalue weighted by molar-refractivity contribution is 0.209. The van der Waals surface area contributed by atoms with Crippen LogP contribution in [0.4, 0.5) is 10.6 Å². The lowest BCUT2D eigenvalue weighted by Crippen LogP contribution is -2.09. The Balaban J connectivity index is 2.63. The van der Waals surface area contributed by atoms with Gasteiger partial charge in [-0.1, -0.05) is 0 Å². The molecule has 1 heterocycles. The van der Waals surface area contributed by atoms with Crippen molar-refractivity contribution in [3.8, 4) is 5.75 Å². The SMILES string of the molecule is CC(C)Oc1ccc(NC(=O)O)nc1. The molecule has 0 spiro atoms. The number of hydrogen-bond acceptors (Lipinski definition) is 3. The Labute approximate surface area is 81.7 Å². The van der Waals surface area contributed by atoms with Gasteiger partial charge in [0, 0.05) is 0 Å². The summed E-state index contributed by atoms with van der Waals surface area (Å²) in [5.74, 6) is 0.907. The summed E-state index contributed by atoms with van der Waals surface area (Å²) in [6.45, 7) is 3.81. The molecule has 0 saturated carbocycles. The number of nitrogens with one attached hydrogen (secondary N) is 1. The molecule has 0 aromatic carbocycles. The van der Waals surface area contributed by atoms with Crippen molar-refractivity contribution >= 4 is 11.9 Å². The molecular weight excluding hydrogens is 184 g/mol. The average molecular weight is 196 g/mol. The minimum Gasteiger partial charge on any atom is -0.489 e. The van der Waals surface area contributed by atoms with E-state index in [0.717, 1.165) is 0 Å². The third-order valence-electron chi connectivity index (χ3n) is 1.34. The molecule has 76 valence electrons. The Hall–Kier alpha value is -1.78. The molecule has 1 aromatic heterocycles. The molecule has 2 N–H and O–H groups in total. The fourth-order valence-corrected chi connectivity index (χ4v) is 0.906. The summed E-state index contributed by atoms with van der Waals surface area (Å²) in [5.41, 5.74) is 0. The predicted octanol–water partition coefficient (Wildman–Crippen LogP) is 1.96. The molecule has 14 heavy (non-hydrogen) atoms. The Morgan fingerprint density at radius 3 is 2.71 bits per heavy atom. The van der Waals surface area contributed by atoms with Gasteiger partial charge in [-0.3, -0.25) is 5.32 Å². The number of carbonyl (C=O) groups is 1. The van der Waals surface area contributed by atoms with Crippen LogP contribution in [0.25, 0.3) is 0 Å². The van der Waals surface area contributed by atoms with Crippen molar-refractivity contribution in [3.05, 3.63) is 18.3 Å². The Morgan fingerprint density at radius 2 is 2.29 bits per heavy atom. The summed E-state index contributed by atoms with van der Waals surface area (Å²) in [6.07, 6.45) is 0.427. The van der Waals surface area contributed by atoms with Gasteiger partial charge in [0.05, 0.1) is 12.3 Å².